The molecular weight excluding hydrogens is 198 g/mol. The first kappa shape index (κ1) is 11.5. The molecule has 1 aliphatic heterocycles. The van der Waals surface area contributed by atoms with Gasteiger partial charge in [-0.15, -0.1) is 0 Å². The summed E-state index contributed by atoms with van der Waals surface area (Å²) in [5.74, 6) is 0. The molecule has 88 valence electrons. The van der Waals surface area contributed by atoms with E-state index < -0.39 is 0 Å². The summed E-state index contributed by atoms with van der Waals surface area (Å²) < 4.78 is 5.47. The Morgan fingerprint density at radius 3 is 2.56 bits per heavy atom. The SMILES string of the molecule is Cc1cc(C)cc(NC2CCCOCC2)c1. The zero-order valence-electron chi connectivity index (χ0n) is 10.3. The molecule has 2 nitrogen and oxygen atoms in total. The number of rotatable bonds is 2. The molecule has 2 heteroatoms. The number of ether oxygens (including phenoxy) is 1. The molecule has 1 fully saturated rings. The van der Waals surface area contributed by atoms with Crippen LogP contribution in [0.15, 0.2) is 18.2 Å². The van der Waals surface area contributed by atoms with Crippen molar-refractivity contribution in [2.24, 2.45) is 0 Å². The van der Waals surface area contributed by atoms with E-state index in [4.69, 9.17) is 4.74 Å². The van der Waals surface area contributed by atoms with Crippen LogP contribution in [0.5, 0.6) is 0 Å². The van der Waals surface area contributed by atoms with E-state index in [1.807, 2.05) is 0 Å². The van der Waals surface area contributed by atoms with Crippen molar-refractivity contribution in [3.63, 3.8) is 0 Å². The van der Waals surface area contributed by atoms with Gasteiger partial charge in [0.05, 0.1) is 0 Å². The highest BCUT2D eigenvalue weighted by molar-refractivity contribution is 5.49. The normalized spacial score (nSPS) is 21.5. The molecule has 0 aliphatic carbocycles. The highest BCUT2D eigenvalue weighted by Gasteiger charge is 2.12. The van der Waals surface area contributed by atoms with Gasteiger partial charge in [-0.3, -0.25) is 0 Å². The Hall–Kier alpha value is -1.02. The molecule has 0 saturated carbocycles. The molecular formula is C14H21NO. The summed E-state index contributed by atoms with van der Waals surface area (Å²) in [6.07, 6.45) is 3.50. The van der Waals surface area contributed by atoms with Crippen molar-refractivity contribution in [1.29, 1.82) is 0 Å². The minimum atomic E-state index is 0.573. The standard InChI is InChI=1S/C14H21NO/c1-11-8-12(2)10-14(9-11)15-13-4-3-6-16-7-5-13/h8-10,13,15H,3-7H2,1-2H3. The molecule has 1 aromatic rings. The van der Waals surface area contributed by atoms with Crippen LogP contribution in [0.25, 0.3) is 0 Å². The molecule has 0 spiro atoms. The van der Waals surface area contributed by atoms with Crippen molar-refractivity contribution < 1.29 is 4.74 Å². The quantitative estimate of drug-likeness (QED) is 0.824. The van der Waals surface area contributed by atoms with Crippen molar-refractivity contribution in [2.75, 3.05) is 18.5 Å². The lowest BCUT2D eigenvalue weighted by Crippen LogP contribution is -2.19. The van der Waals surface area contributed by atoms with Crippen molar-refractivity contribution in [3.8, 4) is 0 Å². The fourth-order valence-electron chi connectivity index (χ4n) is 2.34. The maximum atomic E-state index is 5.47. The summed E-state index contributed by atoms with van der Waals surface area (Å²) in [4.78, 5) is 0. The van der Waals surface area contributed by atoms with Gasteiger partial charge in [-0.1, -0.05) is 6.07 Å². The molecule has 1 atom stereocenters. The number of anilines is 1. The average Bonchev–Trinajstić information content (AvgIpc) is 2.44. The van der Waals surface area contributed by atoms with E-state index in [9.17, 15) is 0 Å². The van der Waals surface area contributed by atoms with Gasteiger partial charge in [-0.2, -0.15) is 0 Å². The van der Waals surface area contributed by atoms with Crippen LogP contribution in [0.4, 0.5) is 5.69 Å². The third kappa shape index (κ3) is 3.24. The fourth-order valence-corrected chi connectivity index (χ4v) is 2.34. The molecule has 1 N–H and O–H groups in total. The lowest BCUT2D eigenvalue weighted by Gasteiger charge is -2.17. The first-order chi connectivity index (χ1) is 7.74. The van der Waals surface area contributed by atoms with E-state index in [0.29, 0.717) is 6.04 Å². The van der Waals surface area contributed by atoms with Gasteiger partial charge in [-0.05, 0) is 56.4 Å². The van der Waals surface area contributed by atoms with Gasteiger partial charge in [0.15, 0.2) is 0 Å². The van der Waals surface area contributed by atoms with Crippen LogP contribution in [-0.2, 0) is 4.74 Å². The average molecular weight is 219 g/mol. The van der Waals surface area contributed by atoms with E-state index in [0.717, 1.165) is 19.6 Å². The second-order valence-corrected chi connectivity index (χ2v) is 4.76. The first-order valence-electron chi connectivity index (χ1n) is 6.16. The highest BCUT2D eigenvalue weighted by Crippen LogP contribution is 2.18. The summed E-state index contributed by atoms with van der Waals surface area (Å²) in [6.45, 7) is 6.11. The zero-order chi connectivity index (χ0) is 11.4. The molecule has 1 aliphatic rings. The van der Waals surface area contributed by atoms with E-state index in [-0.39, 0.29) is 0 Å². The van der Waals surface area contributed by atoms with Crippen molar-refractivity contribution >= 4 is 5.69 Å². The minimum absolute atomic E-state index is 0.573. The van der Waals surface area contributed by atoms with Gasteiger partial charge in [-0.25, -0.2) is 0 Å². The summed E-state index contributed by atoms with van der Waals surface area (Å²) in [6, 6.07) is 7.22. The topological polar surface area (TPSA) is 21.3 Å². The van der Waals surface area contributed by atoms with Gasteiger partial charge in [0, 0.05) is 24.9 Å². The maximum Gasteiger partial charge on any atom is 0.0485 e. The van der Waals surface area contributed by atoms with Gasteiger partial charge in [0.25, 0.3) is 0 Å². The molecule has 1 aromatic carbocycles. The third-order valence-electron chi connectivity index (χ3n) is 3.04. The number of hydrogen-bond donors (Lipinski definition) is 1. The zero-order valence-corrected chi connectivity index (χ0v) is 10.3. The summed E-state index contributed by atoms with van der Waals surface area (Å²) in [5, 5.41) is 3.62. The van der Waals surface area contributed by atoms with E-state index in [1.54, 1.807) is 0 Å². The number of nitrogens with one attached hydrogen (secondary N) is 1. The van der Waals surface area contributed by atoms with Crippen LogP contribution < -0.4 is 5.32 Å². The second-order valence-electron chi connectivity index (χ2n) is 4.76. The van der Waals surface area contributed by atoms with Crippen LogP contribution in [0.1, 0.15) is 30.4 Å². The van der Waals surface area contributed by atoms with E-state index >= 15 is 0 Å². The predicted molar refractivity (Wildman–Crippen MR) is 68.0 cm³/mol. The Morgan fingerprint density at radius 2 is 1.81 bits per heavy atom. The van der Waals surface area contributed by atoms with Crippen molar-refractivity contribution in [2.45, 2.75) is 39.2 Å². The van der Waals surface area contributed by atoms with Crippen LogP contribution in [-0.4, -0.2) is 19.3 Å². The summed E-state index contributed by atoms with van der Waals surface area (Å²) in [5.41, 5.74) is 3.91. The van der Waals surface area contributed by atoms with E-state index in [1.165, 1.54) is 29.7 Å². The van der Waals surface area contributed by atoms with Crippen molar-refractivity contribution in [3.05, 3.63) is 29.3 Å². The molecule has 0 aromatic heterocycles. The minimum Gasteiger partial charge on any atom is -0.382 e. The predicted octanol–water partition coefficient (Wildman–Crippen LogP) is 3.28. The Balaban J connectivity index is 2.01. The number of hydrogen-bond acceptors (Lipinski definition) is 2. The van der Waals surface area contributed by atoms with Crippen LogP contribution in [0.2, 0.25) is 0 Å². The van der Waals surface area contributed by atoms with Gasteiger partial charge >= 0.3 is 0 Å². The molecule has 16 heavy (non-hydrogen) atoms. The maximum absolute atomic E-state index is 5.47. The number of aryl methyl sites for hydroxylation is 2. The lowest BCUT2D eigenvalue weighted by atomic mass is 10.1. The summed E-state index contributed by atoms with van der Waals surface area (Å²) in [7, 11) is 0. The second kappa shape index (κ2) is 5.35. The Bertz CT molecular complexity index is 320. The summed E-state index contributed by atoms with van der Waals surface area (Å²) >= 11 is 0. The molecule has 1 heterocycles. The van der Waals surface area contributed by atoms with Gasteiger partial charge in [0.1, 0.15) is 0 Å². The van der Waals surface area contributed by atoms with Gasteiger partial charge < -0.3 is 10.1 Å². The lowest BCUT2D eigenvalue weighted by molar-refractivity contribution is 0.144. The molecule has 2 rings (SSSR count). The van der Waals surface area contributed by atoms with E-state index in [2.05, 4.69) is 37.4 Å². The monoisotopic (exact) mass is 219 g/mol. The Labute approximate surface area is 98.0 Å². The third-order valence-corrected chi connectivity index (χ3v) is 3.04. The Morgan fingerprint density at radius 1 is 1.06 bits per heavy atom. The fraction of sp³-hybridized carbons (Fsp3) is 0.571. The molecule has 0 amide bonds. The molecule has 1 saturated heterocycles. The Kier molecular flexibility index (Phi) is 3.83. The van der Waals surface area contributed by atoms with Crippen LogP contribution >= 0.6 is 0 Å². The molecule has 0 bridgehead atoms. The highest BCUT2D eigenvalue weighted by atomic mass is 16.5. The first-order valence-corrected chi connectivity index (χ1v) is 6.16. The van der Waals surface area contributed by atoms with Gasteiger partial charge in [0.2, 0.25) is 0 Å². The van der Waals surface area contributed by atoms with Crippen LogP contribution in [0, 0.1) is 13.8 Å². The number of benzene rings is 1. The largest absolute Gasteiger partial charge is 0.382 e. The van der Waals surface area contributed by atoms with Crippen LogP contribution in [0.3, 0.4) is 0 Å². The molecule has 0 radical (unpaired) electrons. The smallest absolute Gasteiger partial charge is 0.0485 e. The van der Waals surface area contributed by atoms with Crippen molar-refractivity contribution in [1.82, 2.24) is 0 Å². The molecule has 1 unspecified atom stereocenters.